The summed E-state index contributed by atoms with van der Waals surface area (Å²) in [5.74, 6) is -0.923. The van der Waals surface area contributed by atoms with Crippen LogP contribution in [-0.2, 0) is 36.4 Å². The molecule has 3 aromatic carbocycles. The van der Waals surface area contributed by atoms with Crippen molar-refractivity contribution in [1.82, 2.24) is 9.97 Å². The van der Waals surface area contributed by atoms with E-state index in [0.29, 0.717) is 29.0 Å². The molecule has 17 heteroatoms. The van der Waals surface area contributed by atoms with Crippen LogP contribution in [0.4, 0.5) is 45.5 Å². The molecule has 0 aliphatic rings. The van der Waals surface area contributed by atoms with Gasteiger partial charge in [-0.05, 0) is 89.5 Å². The number of carboxylic acid groups (broad SMARTS) is 1. The summed E-state index contributed by atoms with van der Waals surface area (Å²) in [6.45, 7) is 4.04. The molecule has 282 valence electrons. The van der Waals surface area contributed by atoms with E-state index < -0.39 is 59.8 Å². The van der Waals surface area contributed by atoms with Crippen molar-refractivity contribution in [3.05, 3.63) is 99.9 Å². The van der Waals surface area contributed by atoms with Crippen LogP contribution in [-0.4, -0.2) is 64.3 Å². The van der Waals surface area contributed by atoms with Crippen LogP contribution in [0, 0.1) is 6.92 Å². The second kappa shape index (κ2) is 17.4. The first-order valence-electron chi connectivity index (χ1n) is 15.8. The predicted octanol–water partition coefficient (Wildman–Crippen LogP) is 9.44. The minimum atomic E-state index is -5.15. The summed E-state index contributed by atoms with van der Waals surface area (Å²) in [6, 6.07) is 8.03. The molecule has 4 aromatic rings. The van der Waals surface area contributed by atoms with Crippen LogP contribution < -0.4 is 14.4 Å². The Balaban J connectivity index is 0.00000756. The number of aliphatic carboxylic acids is 1. The fraction of sp³-hybridized carbons (Fsp3) is 0.361. The summed E-state index contributed by atoms with van der Waals surface area (Å²) in [6.07, 6.45) is -12.9. The molecule has 0 bridgehead atoms. The summed E-state index contributed by atoms with van der Waals surface area (Å²) >= 11 is 0. The van der Waals surface area contributed by atoms with Crippen LogP contribution in [0.15, 0.2) is 60.9 Å². The van der Waals surface area contributed by atoms with Crippen molar-refractivity contribution in [2.75, 3.05) is 18.6 Å². The van der Waals surface area contributed by atoms with E-state index in [9.17, 15) is 44.3 Å². The summed E-state index contributed by atoms with van der Waals surface area (Å²) in [5.41, 5.74) is -2.93. The Morgan fingerprint density at radius 1 is 0.830 bits per heavy atom. The molecule has 0 atom stereocenters. The average molecular weight is 768 g/mol. The van der Waals surface area contributed by atoms with E-state index in [4.69, 9.17) is 14.6 Å². The van der Waals surface area contributed by atoms with Crippen molar-refractivity contribution in [2.24, 2.45) is 0 Å². The zero-order chi connectivity index (χ0) is 38.6. The number of rotatable bonds is 13. The van der Waals surface area contributed by atoms with Crippen LogP contribution in [0.25, 0.3) is 11.1 Å². The molecule has 1 N–H and O–H groups in total. The summed E-state index contributed by atoms with van der Waals surface area (Å²) in [5, 5.41) is 8.83. The first-order chi connectivity index (χ1) is 24.2. The first-order valence-corrected chi connectivity index (χ1v) is 15.8. The van der Waals surface area contributed by atoms with E-state index in [1.165, 1.54) is 14.0 Å². The number of methoxy groups -OCH3 is 1. The quantitative estimate of drug-likeness (QED) is 0.0825. The number of nitrogens with zero attached hydrogens (tertiary/aromatic N) is 3. The SMILES string of the molecule is COc1ccc(C(C)C)cc1-c1c(C)cc(C(F)(F)F)cc1CN(Cc1cc(C(F)(F)F)cc(C(F)(F)F)c1)c1ncc(OCCCC(=O)O)cn1.[NaH]. The fourth-order valence-electron chi connectivity index (χ4n) is 5.51. The molecule has 1 heterocycles. The van der Waals surface area contributed by atoms with Gasteiger partial charge in [0.2, 0.25) is 5.95 Å². The Labute approximate surface area is 321 Å². The molecule has 0 spiro atoms. The number of carboxylic acids is 1. The molecule has 4 rings (SSSR count). The van der Waals surface area contributed by atoms with E-state index in [-0.39, 0.29) is 83.8 Å². The number of carbonyl (C=O) groups is 1. The number of aromatic nitrogens is 2. The number of ether oxygens (including phenoxy) is 2. The summed E-state index contributed by atoms with van der Waals surface area (Å²) in [7, 11) is 1.38. The molecule has 0 saturated carbocycles. The third-order valence-corrected chi connectivity index (χ3v) is 7.99. The normalized spacial score (nSPS) is 12.0. The van der Waals surface area contributed by atoms with Gasteiger partial charge in [-0.2, -0.15) is 39.5 Å². The second-order valence-electron chi connectivity index (χ2n) is 12.3. The van der Waals surface area contributed by atoms with Gasteiger partial charge in [0.15, 0.2) is 5.75 Å². The van der Waals surface area contributed by atoms with E-state index in [1.54, 1.807) is 18.2 Å². The van der Waals surface area contributed by atoms with Crippen molar-refractivity contribution in [3.8, 4) is 22.6 Å². The molecule has 0 saturated heterocycles. The van der Waals surface area contributed by atoms with Gasteiger partial charge in [0, 0.05) is 25.1 Å². The Morgan fingerprint density at radius 2 is 1.40 bits per heavy atom. The second-order valence-corrected chi connectivity index (χ2v) is 12.3. The van der Waals surface area contributed by atoms with E-state index in [1.807, 2.05) is 13.8 Å². The number of anilines is 1. The first kappa shape index (κ1) is 43.4. The van der Waals surface area contributed by atoms with Gasteiger partial charge in [0.25, 0.3) is 0 Å². The Hall–Kier alpha value is -4.02. The minimum absolute atomic E-state index is 0. The van der Waals surface area contributed by atoms with Crippen LogP contribution >= 0.6 is 0 Å². The van der Waals surface area contributed by atoms with Crippen molar-refractivity contribution < 1.29 is 58.9 Å². The Bertz CT molecular complexity index is 1850. The molecule has 0 unspecified atom stereocenters. The Kier molecular flexibility index (Phi) is 14.3. The zero-order valence-electron chi connectivity index (χ0n) is 28.3. The molecular weight excluding hydrogens is 732 g/mol. The van der Waals surface area contributed by atoms with E-state index >= 15 is 0 Å². The van der Waals surface area contributed by atoms with Crippen LogP contribution in [0.3, 0.4) is 0 Å². The average Bonchev–Trinajstić information content (AvgIpc) is 3.05. The number of hydrogen-bond donors (Lipinski definition) is 1. The molecule has 0 aliphatic carbocycles. The summed E-state index contributed by atoms with van der Waals surface area (Å²) < 4.78 is 136. The standard InChI is InChI=1S/C36H34F9N3O4.Na.H/c1-20(2)23-7-8-30(51-4)29(14-23)32-21(3)10-25(34(37,38)39)13-24(32)19-48(33-46-16-28(17-47-33)52-9-5-6-31(49)50)18-22-11-26(35(40,41)42)15-27(12-22)36(43,44)45;;/h7-8,10-17,20H,5-6,9,18-19H2,1-4H3,(H,49,50);;. The third-order valence-electron chi connectivity index (χ3n) is 7.99. The van der Waals surface area contributed by atoms with Crippen molar-refractivity contribution >= 4 is 41.5 Å². The molecule has 0 radical (unpaired) electrons. The Morgan fingerprint density at radius 3 is 1.91 bits per heavy atom. The number of benzene rings is 3. The molecule has 0 amide bonds. The number of halogens is 9. The van der Waals surface area contributed by atoms with Gasteiger partial charge in [0.05, 0.1) is 42.8 Å². The van der Waals surface area contributed by atoms with Crippen molar-refractivity contribution in [1.29, 1.82) is 0 Å². The van der Waals surface area contributed by atoms with Crippen molar-refractivity contribution in [2.45, 2.75) is 71.1 Å². The molecular formula is C36H35F9N3NaO4. The maximum atomic E-state index is 14.2. The van der Waals surface area contributed by atoms with Crippen LogP contribution in [0.1, 0.15) is 71.6 Å². The maximum absolute atomic E-state index is 14.2. The van der Waals surface area contributed by atoms with Gasteiger partial charge in [0.1, 0.15) is 5.75 Å². The van der Waals surface area contributed by atoms with Gasteiger partial charge < -0.3 is 19.5 Å². The zero-order valence-corrected chi connectivity index (χ0v) is 28.3. The van der Waals surface area contributed by atoms with Gasteiger partial charge in [-0.3, -0.25) is 4.79 Å². The predicted molar refractivity (Wildman–Crippen MR) is 180 cm³/mol. The molecule has 0 aliphatic heterocycles. The van der Waals surface area contributed by atoms with E-state index in [0.717, 1.165) is 35.0 Å². The fourth-order valence-corrected chi connectivity index (χ4v) is 5.51. The van der Waals surface area contributed by atoms with Crippen molar-refractivity contribution in [3.63, 3.8) is 0 Å². The third kappa shape index (κ3) is 11.5. The number of alkyl halides is 9. The van der Waals surface area contributed by atoms with Gasteiger partial charge in [-0.15, -0.1) is 0 Å². The van der Waals surface area contributed by atoms with Gasteiger partial charge in [-0.1, -0.05) is 19.9 Å². The number of hydrogen-bond acceptors (Lipinski definition) is 6. The monoisotopic (exact) mass is 767 g/mol. The number of aryl methyl sites for hydroxylation is 1. The van der Waals surface area contributed by atoms with Gasteiger partial charge >= 0.3 is 54.1 Å². The van der Waals surface area contributed by atoms with Crippen LogP contribution in [0.2, 0.25) is 0 Å². The van der Waals surface area contributed by atoms with Gasteiger partial charge in [-0.25, -0.2) is 9.97 Å². The molecule has 0 fully saturated rings. The molecule has 53 heavy (non-hydrogen) atoms. The molecule has 7 nitrogen and oxygen atoms in total. The molecule has 1 aromatic heterocycles. The summed E-state index contributed by atoms with van der Waals surface area (Å²) in [4.78, 5) is 20.3. The van der Waals surface area contributed by atoms with E-state index in [2.05, 4.69) is 9.97 Å². The van der Waals surface area contributed by atoms with Crippen LogP contribution in [0.5, 0.6) is 11.5 Å². The topological polar surface area (TPSA) is 84.8 Å².